The van der Waals surface area contributed by atoms with Crippen molar-refractivity contribution >= 4 is 11.8 Å². The smallest absolute Gasteiger partial charge is 0.260 e. The van der Waals surface area contributed by atoms with Crippen LogP contribution in [0.1, 0.15) is 24.2 Å². The Bertz CT molecular complexity index is 510. The van der Waals surface area contributed by atoms with Crippen molar-refractivity contribution in [3.05, 3.63) is 23.9 Å². The molecule has 0 atom stereocenters. The van der Waals surface area contributed by atoms with Crippen LogP contribution in [0.25, 0.3) is 0 Å². The number of hydrogen-bond donors (Lipinski definition) is 1. The summed E-state index contributed by atoms with van der Waals surface area (Å²) < 4.78 is 10.6. The molecule has 1 aliphatic rings. The summed E-state index contributed by atoms with van der Waals surface area (Å²) in [6.45, 7) is 6.01. The van der Waals surface area contributed by atoms with Crippen molar-refractivity contribution in [2.24, 2.45) is 0 Å². The highest BCUT2D eigenvalue weighted by Gasteiger charge is 2.17. The summed E-state index contributed by atoms with van der Waals surface area (Å²) in [5.41, 5.74) is 0.459. The summed E-state index contributed by atoms with van der Waals surface area (Å²) in [5, 5.41) is 2.78. The number of nitrogens with one attached hydrogen (secondary N) is 1. The largest absolute Gasteiger partial charge is 0.468 e. The Hall–Kier alpha value is -2.15. The van der Waals surface area contributed by atoms with Gasteiger partial charge in [-0.3, -0.25) is 9.59 Å². The number of carbonyl (C=O) groups excluding carboxylic acids is 2. The Balaban J connectivity index is 1.83. The van der Waals surface area contributed by atoms with Crippen molar-refractivity contribution in [2.75, 3.05) is 32.9 Å². The first-order valence-corrected chi connectivity index (χ1v) is 7.31. The molecule has 0 spiro atoms. The first-order valence-electron chi connectivity index (χ1n) is 7.31. The quantitative estimate of drug-likeness (QED) is 0.854. The van der Waals surface area contributed by atoms with Crippen LogP contribution >= 0.6 is 0 Å². The highest BCUT2D eigenvalue weighted by Crippen LogP contribution is 2.08. The van der Waals surface area contributed by atoms with Gasteiger partial charge in [-0.25, -0.2) is 4.98 Å². The summed E-state index contributed by atoms with van der Waals surface area (Å²) in [5.74, 6) is 0.0490. The molecule has 1 aromatic rings. The average Bonchev–Trinajstić information content (AvgIpc) is 2.53. The van der Waals surface area contributed by atoms with E-state index >= 15 is 0 Å². The molecule has 1 fully saturated rings. The topological polar surface area (TPSA) is 80.8 Å². The first-order chi connectivity index (χ1) is 10.6. The van der Waals surface area contributed by atoms with Gasteiger partial charge < -0.3 is 19.7 Å². The second-order valence-electron chi connectivity index (χ2n) is 5.30. The lowest BCUT2D eigenvalue weighted by Crippen LogP contribution is -2.43. The molecule has 7 nitrogen and oxygen atoms in total. The molecule has 22 heavy (non-hydrogen) atoms. The van der Waals surface area contributed by atoms with Crippen molar-refractivity contribution in [2.45, 2.75) is 19.9 Å². The van der Waals surface area contributed by atoms with Gasteiger partial charge in [-0.15, -0.1) is 0 Å². The molecule has 0 radical (unpaired) electrons. The standard InChI is InChI=1S/C15H21N3O4/c1-11(2)17-15(20)12-3-4-13(16-9-12)22-10-14(19)18-5-7-21-8-6-18/h3-4,9,11H,5-8,10H2,1-2H3,(H,17,20). The number of pyridine rings is 1. The zero-order chi connectivity index (χ0) is 15.9. The van der Waals surface area contributed by atoms with Gasteiger partial charge in [0.25, 0.3) is 11.8 Å². The molecule has 0 aliphatic carbocycles. The number of nitrogens with zero attached hydrogens (tertiary/aromatic N) is 2. The number of ether oxygens (including phenoxy) is 2. The number of aromatic nitrogens is 1. The minimum absolute atomic E-state index is 0.0644. The minimum Gasteiger partial charge on any atom is -0.468 e. The van der Waals surface area contributed by atoms with Gasteiger partial charge in [-0.1, -0.05) is 0 Å². The molecule has 2 heterocycles. The lowest BCUT2D eigenvalue weighted by Gasteiger charge is -2.26. The molecule has 1 aliphatic heterocycles. The van der Waals surface area contributed by atoms with Crippen LogP contribution in [0.15, 0.2) is 18.3 Å². The molecule has 0 saturated carbocycles. The Labute approximate surface area is 129 Å². The molecule has 120 valence electrons. The van der Waals surface area contributed by atoms with E-state index in [2.05, 4.69) is 10.3 Å². The zero-order valence-corrected chi connectivity index (χ0v) is 12.9. The first kappa shape index (κ1) is 16.2. The number of amides is 2. The molecule has 0 bridgehead atoms. The molecule has 2 amide bonds. The van der Waals surface area contributed by atoms with E-state index < -0.39 is 0 Å². The average molecular weight is 307 g/mol. The van der Waals surface area contributed by atoms with Gasteiger partial charge in [0, 0.05) is 31.4 Å². The third-order valence-electron chi connectivity index (χ3n) is 3.13. The normalized spacial score (nSPS) is 14.8. The van der Waals surface area contributed by atoms with E-state index in [-0.39, 0.29) is 24.5 Å². The van der Waals surface area contributed by atoms with Crippen molar-refractivity contribution in [3.8, 4) is 5.88 Å². The maximum Gasteiger partial charge on any atom is 0.260 e. The number of morpholine rings is 1. The van der Waals surface area contributed by atoms with Crippen molar-refractivity contribution in [3.63, 3.8) is 0 Å². The van der Waals surface area contributed by atoms with E-state index in [0.29, 0.717) is 37.7 Å². The minimum atomic E-state index is -0.182. The molecular weight excluding hydrogens is 286 g/mol. The molecule has 1 aromatic heterocycles. The van der Waals surface area contributed by atoms with Gasteiger partial charge in [0.15, 0.2) is 6.61 Å². The molecule has 1 N–H and O–H groups in total. The highest BCUT2D eigenvalue weighted by atomic mass is 16.5. The van der Waals surface area contributed by atoms with Crippen LogP contribution < -0.4 is 10.1 Å². The molecule has 2 rings (SSSR count). The second kappa shape index (κ2) is 7.74. The third kappa shape index (κ3) is 4.70. The summed E-state index contributed by atoms with van der Waals surface area (Å²) in [4.78, 5) is 29.4. The van der Waals surface area contributed by atoms with E-state index in [1.165, 1.54) is 6.20 Å². The van der Waals surface area contributed by atoms with E-state index in [0.717, 1.165) is 0 Å². The molecule has 7 heteroatoms. The SMILES string of the molecule is CC(C)NC(=O)c1ccc(OCC(=O)N2CCOCC2)nc1. The van der Waals surface area contributed by atoms with Gasteiger partial charge in [-0.05, 0) is 19.9 Å². The van der Waals surface area contributed by atoms with Crippen LogP contribution in [0.5, 0.6) is 5.88 Å². The molecule has 0 unspecified atom stereocenters. The van der Waals surface area contributed by atoms with Gasteiger partial charge in [0.2, 0.25) is 5.88 Å². The summed E-state index contributed by atoms with van der Waals surface area (Å²) in [6, 6.07) is 3.27. The molecule has 1 saturated heterocycles. The van der Waals surface area contributed by atoms with Crippen LogP contribution in [0.3, 0.4) is 0 Å². The highest BCUT2D eigenvalue weighted by molar-refractivity contribution is 5.94. The summed E-state index contributed by atoms with van der Waals surface area (Å²) in [7, 11) is 0. The molecular formula is C15H21N3O4. The second-order valence-corrected chi connectivity index (χ2v) is 5.30. The number of carbonyl (C=O) groups is 2. The van der Waals surface area contributed by atoms with Crippen LogP contribution in [-0.4, -0.2) is 60.7 Å². The molecule has 0 aromatic carbocycles. The van der Waals surface area contributed by atoms with Crippen molar-refractivity contribution in [1.29, 1.82) is 0 Å². The summed E-state index contributed by atoms with van der Waals surface area (Å²) in [6.07, 6.45) is 1.44. The summed E-state index contributed by atoms with van der Waals surface area (Å²) >= 11 is 0. The van der Waals surface area contributed by atoms with Crippen molar-refractivity contribution in [1.82, 2.24) is 15.2 Å². The maximum atomic E-state index is 11.9. The van der Waals surface area contributed by atoms with Crippen LogP contribution in [-0.2, 0) is 9.53 Å². The van der Waals surface area contributed by atoms with Gasteiger partial charge in [0.05, 0.1) is 18.8 Å². The third-order valence-corrected chi connectivity index (χ3v) is 3.13. The Kier molecular flexibility index (Phi) is 5.71. The fourth-order valence-corrected chi connectivity index (χ4v) is 1.99. The Morgan fingerprint density at radius 2 is 2.09 bits per heavy atom. The monoisotopic (exact) mass is 307 g/mol. The van der Waals surface area contributed by atoms with Crippen LogP contribution in [0.4, 0.5) is 0 Å². The van der Waals surface area contributed by atoms with E-state index in [9.17, 15) is 9.59 Å². The van der Waals surface area contributed by atoms with Crippen LogP contribution in [0, 0.1) is 0 Å². The van der Waals surface area contributed by atoms with Gasteiger partial charge >= 0.3 is 0 Å². The van der Waals surface area contributed by atoms with Crippen molar-refractivity contribution < 1.29 is 19.1 Å². The fraction of sp³-hybridized carbons (Fsp3) is 0.533. The van der Waals surface area contributed by atoms with E-state index in [1.807, 2.05) is 13.8 Å². The van der Waals surface area contributed by atoms with Gasteiger partial charge in [0.1, 0.15) is 0 Å². The lowest BCUT2D eigenvalue weighted by molar-refractivity contribution is -0.137. The number of rotatable bonds is 5. The zero-order valence-electron chi connectivity index (χ0n) is 12.9. The lowest BCUT2D eigenvalue weighted by atomic mass is 10.2. The Morgan fingerprint density at radius 3 is 2.68 bits per heavy atom. The maximum absolute atomic E-state index is 11.9. The Morgan fingerprint density at radius 1 is 1.36 bits per heavy atom. The van der Waals surface area contributed by atoms with Gasteiger partial charge in [-0.2, -0.15) is 0 Å². The van der Waals surface area contributed by atoms with E-state index in [4.69, 9.17) is 9.47 Å². The fourth-order valence-electron chi connectivity index (χ4n) is 1.99. The predicted molar refractivity (Wildman–Crippen MR) is 79.7 cm³/mol. The predicted octanol–water partition coefficient (Wildman–Crippen LogP) is 0.457. The van der Waals surface area contributed by atoms with Crippen LogP contribution in [0.2, 0.25) is 0 Å². The number of hydrogen-bond acceptors (Lipinski definition) is 5. The van der Waals surface area contributed by atoms with E-state index in [1.54, 1.807) is 17.0 Å².